The number of unbranched alkanes of at least 4 members (excludes halogenated alkanes) is 8. The van der Waals surface area contributed by atoms with Gasteiger partial charge in [-0.1, -0.05) is 149 Å². The van der Waals surface area contributed by atoms with E-state index in [2.05, 4.69) is 74.5 Å². The second-order valence-electron chi connectivity index (χ2n) is 8.14. The lowest BCUT2D eigenvalue weighted by Crippen LogP contribution is -2.43. The number of hydrogen-bond donors (Lipinski definition) is 0. The first-order valence-electron chi connectivity index (χ1n) is 11.3. The van der Waals surface area contributed by atoms with E-state index in [-0.39, 0.29) is 0 Å². The van der Waals surface area contributed by atoms with Gasteiger partial charge in [0, 0.05) is 0 Å². The lowest BCUT2D eigenvalue weighted by molar-refractivity contribution is 0.505. The fraction of sp³-hybridized carbons (Fsp3) is 0.538. The van der Waals surface area contributed by atoms with Crippen LogP contribution in [-0.2, 0) is 0 Å². The summed E-state index contributed by atoms with van der Waals surface area (Å²) in [6, 6.07) is 23.8. The van der Waals surface area contributed by atoms with E-state index in [1.54, 1.807) is 10.4 Å². The normalized spacial score (nSPS) is 12.4. The van der Waals surface area contributed by atoms with Crippen LogP contribution in [-0.4, -0.2) is 8.80 Å². The molecule has 147 valence electrons. The number of hydrogen-bond acceptors (Lipinski definition) is 0. The van der Waals surface area contributed by atoms with Crippen LogP contribution in [0.15, 0.2) is 60.7 Å². The van der Waals surface area contributed by atoms with E-state index in [0.717, 1.165) is 5.92 Å². The lowest BCUT2D eigenvalue weighted by atomic mass is 10.0. The van der Waals surface area contributed by atoms with Crippen molar-refractivity contribution in [3.63, 3.8) is 0 Å². The summed E-state index contributed by atoms with van der Waals surface area (Å²) in [6.07, 6.45) is 14.2. The first kappa shape index (κ1) is 22.0. The fourth-order valence-electron chi connectivity index (χ4n) is 3.94. The van der Waals surface area contributed by atoms with Crippen molar-refractivity contribution in [2.75, 3.05) is 0 Å². The Morgan fingerprint density at radius 3 is 1.56 bits per heavy atom. The third-order valence-electron chi connectivity index (χ3n) is 5.60. The van der Waals surface area contributed by atoms with Crippen molar-refractivity contribution in [2.45, 2.75) is 84.1 Å². The van der Waals surface area contributed by atoms with Gasteiger partial charge in [0.25, 0.3) is 0 Å². The molecule has 0 nitrogen and oxygen atoms in total. The van der Waals surface area contributed by atoms with E-state index in [4.69, 9.17) is 0 Å². The molecular formula is C26H39Si. The van der Waals surface area contributed by atoms with Crippen molar-refractivity contribution in [1.29, 1.82) is 0 Å². The second-order valence-corrected chi connectivity index (χ2v) is 10.7. The zero-order valence-corrected chi connectivity index (χ0v) is 18.6. The largest absolute Gasteiger partial charge is 0.121 e. The van der Waals surface area contributed by atoms with Gasteiger partial charge in [0.05, 0.1) is 0 Å². The maximum atomic E-state index is 2.47. The summed E-state index contributed by atoms with van der Waals surface area (Å²) >= 11 is 0. The maximum absolute atomic E-state index is 2.47. The van der Waals surface area contributed by atoms with Gasteiger partial charge in [0.2, 0.25) is 0 Å². The molecule has 0 aliphatic carbocycles. The molecule has 0 aliphatic heterocycles. The van der Waals surface area contributed by atoms with Crippen LogP contribution in [0.25, 0.3) is 0 Å². The molecule has 0 aromatic heterocycles. The molecule has 0 bridgehead atoms. The maximum Gasteiger partial charge on any atom is 0.121 e. The Balaban J connectivity index is 1.72. The van der Waals surface area contributed by atoms with Crippen LogP contribution in [0.5, 0.6) is 0 Å². The van der Waals surface area contributed by atoms with E-state index in [9.17, 15) is 0 Å². The Kier molecular flexibility index (Phi) is 11.2. The Bertz CT molecular complexity index is 538. The molecule has 0 spiro atoms. The highest BCUT2D eigenvalue weighted by Gasteiger charge is 2.19. The van der Waals surface area contributed by atoms with Crippen LogP contribution in [0.3, 0.4) is 0 Å². The molecule has 2 aromatic carbocycles. The first-order chi connectivity index (χ1) is 13.3. The smallest absolute Gasteiger partial charge is 0.0654 e. The Hall–Kier alpha value is -1.34. The standard InChI is InChI=1S/C26H39Si/c1-3-4-5-6-7-8-9-10-13-18-24(2)23-27(25-19-14-11-15-20-25)26-21-16-12-17-22-26/h11-12,14-17,19-22,24H,3-10,13,18,23H2,1-2H3. The highest BCUT2D eigenvalue weighted by Crippen LogP contribution is 2.17. The SMILES string of the molecule is CCCCCCCCCCCC(C)C[Si](c1ccccc1)c1ccccc1. The molecule has 27 heavy (non-hydrogen) atoms. The average molecular weight is 380 g/mol. The highest BCUT2D eigenvalue weighted by molar-refractivity contribution is 6.85. The van der Waals surface area contributed by atoms with Crippen molar-refractivity contribution in [1.82, 2.24) is 0 Å². The van der Waals surface area contributed by atoms with Crippen LogP contribution in [0, 0.1) is 5.92 Å². The van der Waals surface area contributed by atoms with Crippen LogP contribution < -0.4 is 10.4 Å². The zero-order chi connectivity index (χ0) is 19.2. The molecule has 2 rings (SSSR count). The Morgan fingerprint density at radius 2 is 1.07 bits per heavy atom. The monoisotopic (exact) mass is 379 g/mol. The topological polar surface area (TPSA) is 0 Å². The van der Waals surface area contributed by atoms with E-state index in [1.165, 1.54) is 70.3 Å². The molecule has 1 unspecified atom stereocenters. The van der Waals surface area contributed by atoms with Gasteiger partial charge in [-0.3, -0.25) is 0 Å². The molecule has 0 saturated carbocycles. The third-order valence-corrected chi connectivity index (χ3v) is 8.76. The quantitative estimate of drug-likeness (QED) is 0.249. The molecule has 1 heteroatoms. The molecule has 0 saturated heterocycles. The number of benzene rings is 2. The zero-order valence-electron chi connectivity index (χ0n) is 17.6. The van der Waals surface area contributed by atoms with Crippen molar-refractivity contribution in [3.8, 4) is 0 Å². The third kappa shape index (κ3) is 8.93. The summed E-state index contributed by atoms with van der Waals surface area (Å²) in [4.78, 5) is 0. The predicted octanol–water partition coefficient (Wildman–Crippen LogP) is 6.85. The predicted molar refractivity (Wildman–Crippen MR) is 124 cm³/mol. The minimum absolute atomic E-state index is 0.658. The molecule has 0 N–H and O–H groups in total. The fourth-order valence-corrected chi connectivity index (χ4v) is 6.83. The Labute approximate surface area is 170 Å². The summed E-state index contributed by atoms with van der Waals surface area (Å²) in [5, 5.41) is 3.13. The highest BCUT2D eigenvalue weighted by atomic mass is 28.3. The van der Waals surface area contributed by atoms with Crippen LogP contribution in [0.4, 0.5) is 0 Å². The van der Waals surface area contributed by atoms with Gasteiger partial charge >= 0.3 is 0 Å². The van der Waals surface area contributed by atoms with Gasteiger partial charge in [-0.2, -0.15) is 0 Å². The molecule has 0 heterocycles. The summed E-state index contributed by atoms with van der Waals surface area (Å²) in [6.45, 7) is 4.77. The van der Waals surface area contributed by atoms with Crippen molar-refractivity contribution in [2.24, 2.45) is 5.92 Å². The summed E-state index contributed by atoms with van der Waals surface area (Å²) < 4.78 is 0. The summed E-state index contributed by atoms with van der Waals surface area (Å²) in [5.41, 5.74) is 0. The van der Waals surface area contributed by atoms with E-state index in [0.29, 0.717) is 0 Å². The summed E-state index contributed by atoms with van der Waals surface area (Å²) in [5.74, 6) is 0.823. The van der Waals surface area contributed by atoms with Gasteiger partial charge in [-0.15, -0.1) is 0 Å². The minimum Gasteiger partial charge on any atom is -0.0654 e. The second kappa shape index (κ2) is 13.8. The van der Waals surface area contributed by atoms with Crippen LogP contribution >= 0.6 is 0 Å². The molecule has 2 aromatic rings. The van der Waals surface area contributed by atoms with E-state index >= 15 is 0 Å². The Morgan fingerprint density at radius 1 is 0.630 bits per heavy atom. The molecule has 1 radical (unpaired) electrons. The molecule has 0 aliphatic rings. The lowest BCUT2D eigenvalue weighted by Gasteiger charge is -2.20. The van der Waals surface area contributed by atoms with E-state index < -0.39 is 8.80 Å². The van der Waals surface area contributed by atoms with Gasteiger partial charge in [-0.25, -0.2) is 0 Å². The molecule has 1 atom stereocenters. The van der Waals surface area contributed by atoms with Crippen LogP contribution in [0.1, 0.15) is 78.1 Å². The van der Waals surface area contributed by atoms with E-state index in [1.807, 2.05) is 0 Å². The van der Waals surface area contributed by atoms with Crippen molar-refractivity contribution in [3.05, 3.63) is 60.7 Å². The minimum atomic E-state index is -0.658. The molecule has 0 fully saturated rings. The first-order valence-corrected chi connectivity index (χ1v) is 13.0. The van der Waals surface area contributed by atoms with Gasteiger partial charge in [0.15, 0.2) is 0 Å². The summed E-state index contributed by atoms with van der Waals surface area (Å²) in [7, 11) is -0.658. The van der Waals surface area contributed by atoms with Crippen molar-refractivity contribution < 1.29 is 0 Å². The molecule has 0 amide bonds. The number of rotatable bonds is 14. The van der Waals surface area contributed by atoms with Crippen molar-refractivity contribution >= 4 is 19.2 Å². The van der Waals surface area contributed by atoms with Crippen LogP contribution in [0.2, 0.25) is 6.04 Å². The van der Waals surface area contributed by atoms with Gasteiger partial charge in [0.1, 0.15) is 8.80 Å². The van der Waals surface area contributed by atoms with Gasteiger partial charge in [-0.05, 0) is 12.0 Å². The average Bonchev–Trinajstić information content (AvgIpc) is 2.72. The van der Waals surface area contributed by atoms with Gasteiger partial charge < -0.3 is 0 Å². The molecular weight excluding hydrogens is 340 g/mol.